The van der Waals surface area contributed by atoms with Gasteiger partial charge < -0.3 is 25.2 Å². The summed E-state index contributed by atoms with van der Waals surface area (Å²) in [5.41, 5.74) is -2.17. The Morgan fingerprint density at radius 1 is 1.27 bits per heavy atom. The van der Waals surface area contributed by atoms with Crippen LogP contribution in [-0.2, 0) is 9.53 Å². The lowest BCUT2D eigenvalue weighted by atomic mass is 9.36. The van der Waals surface area contributed by atoms with E-state index in [1.165, 1.54) is 0 Å². The van der Waals surface area contributed by atoms with Gasteiger partial charge in [-0.25, -0.2) is 0 Å². The smallest absolute Gasteiger partial charge is 0.205 e. The number of aliphatic hydroxyl groups is 4. The molecule has 144 valence electrons. The molecule has 4 aliphatic carbocycles. The minimum absolute atomic E-state index is 0.0118. The molecule has 6 fully saturated rings. The highest BCUT2D eigenvalue weighted by Crippen LogP contribution is 2.76. The zero-order chi connectivity index (χ0) is 18.7. The van der Waals surface area contributed by atoms with Crippen molar-refractivity contribution in [2.45, 2.75) is 57.0 Å². The maximum absolute atomic E-state index is 13.3. The monoisotopic (exact) mass is 364 g/mol. The predicted octanol–water partition coefficient (Wildman–Crippen LogP) is 0.377. The van der Waals surface area contributed by atoms with Crippen LogP contribution in [-0.4, -0.2) is 57.4 Å². The van der Waals surface area contributed by atoms with E-state index in [0.717, 1.165) is 6.42 Å². The average Bonchev–Trinajstić information content (AvgIpc) is 2.82. The van der Waals surface area contributed by atoms with E-state index in [-0.39, 0.29) is 30.8 Å². The zero-order valence-electron chi connectivity index (χ0n) is 15.1. The topological polar surface area (TPSA) is 107 Å². The first kappa shape index (κ1) is 17.3. The van der Waals surface area contributed by atoms with Gasteiger partial charge in [0.15, 0.2) is 5.78 Å². The number of carbonyl (C=O) groups is 1. The Balaban J connectivity index is 1.77. The molecule has 6 aliphatic rings. The van der Waals surface area contributed by atoms with Gasteiger partial charge >= 0.3 is 0 Å². The largest absolute Gasteiger partial charge is 0.396 e. The summed E-state index contributed by atoms with van der Waals surface area (Å²) in [6, 6.07) is 0. The Morgan fingerprint density at radius 2 is 2.00 bits per heavy atom. The molecule has 0 radical (unpaired) electrons. The number of hydrogen-bond donors (Lipinski definition) is 4. The van der Waals surface area contributed by atoms with E-state index in [1.807, 2.05) is 6.92 Å². The van der Waals surface area contributed by atoms with Gasteiger partial charge in [-0.1, -0.05) is 13.5 Å². The number of rotatable bonds is 1. The Kier molecular flexibility index (Phi) is 3.19. The summed E-state index contributed by atoms with van der Waals surface area (Å²) in [5, 5.41) is 44.2. The third kappa shape index (κ3) is 1.47. The molecule has 0 aromatic carbocycles. The van der Waals surface area contributed by atoms with Crippen LogP contribution >= 0.6 is 0 Å². The second-order valence-corrected chi connectivity index (χ2v) is 9.74. The second-order valence-electron chi connectivity index (χ2n) is 9.74. The highest BCUT2D eigenvalue weighted by atomic mass is 16.6. The molecule has 0 aromatic rings. The first-order valence-corrected chi connectivity index (χ1v) is 9.76. The van der Waals surface area contributed by atoms with Gasteiger partial charge in [-0.3, -0.25) is 4.79 Å². The van der Waals surface area contributed by atoms with Crippen molar-refractivity contribution in [3.63, 3.8) is 0 Å². The maximum Gasteiger partial charge on any atom is 0.205 e. The van der Waals surface area contributed by atoms with Crippen molar-refractivity contribution in [1.29, 1.82) is 0 Å². The van der Waals surface area contributed by atoms with E-state index in [2.05, 4.69) is 6.58 Å². The molecule has 0 amide bonds. The molecule has 2 spiro atoms. The quantitative estimate of drug-likeness (QED) is 0.501. The van der Waals surface area contributed by atoms with E-state index in [0.29, 0.717) is 31.3 Å². The first-order valence-electron chi connectivity index (χ1n) is 9.76. The molecule has 26 heavy (non-hydrogen) atoms. The second kappa shape index (κ2) is 4.78. The van der Waals surface area contributed by atoms with Crippen LogP contribution in [0.3, 0.4) is 0 Å². The summed E-state index contributed by atoms with van der Waals surface area (Å²) in [5.74, 6) is -2.96. The van der Waals surface area contributed by atoms with Gasteiger partial charge in [-0.05, 0) is 54.9 Å². The fourth-order valence-corrected chi connectivity index (χ4v) is 7.83. The minimum Gasteiger partial charge on any atom is -0.396 e. The summed E-state index contributed by atoms with van der Waals surface area (Å²) in [6.07, 6.45) is 0.934. The standard InChI is InChI=1S/C20H28O6/c1-10-11-3-4-12-18-9-26-20(25,19(12,7-11)15(10)23)16(24)14(18)17(2,8-21)6-5-13(18)22/h11-14,16,21-22,24-25H,1,3-9H2,2H3/t11-,12+,13+,14-,16+,17-,18-,19+,20+/m1/s1. The number of ether oxygens (including phenoxy) is 1. The summed E-state index contributed by atoms with van der Waals surface area (Å²) < 4.78 is 5.86. The third-order valence-corrected chi connectivity index (χ3v) is 9.00. The van der Waals surface area contributed by atoms with E-state index in [1.54, 1.807) is 0 Å². The molecule has 2 heterocycles. The number of ketones is 1. The van der Waals surface area contributed by atoms with Crippen molar-refractivity contribution in [3.05, 3.63) is 12.2 Å². The van der Waals surface area contributed by atoms with E-state index < -0.39 is 40.2 Å². The average molecular weight is 364 g/mol. The molecule has 4 N–H and O–H groups in total. The fourth-order valence-electron chi connectivity index (χ4n) is 7.83. The number of fused-ring (bicyclic) bond motifs is 2. The summed E-state index contributed by atoms with van der Waals surface area (Å²) in [6.45, 7) is 5.85. The van der Waals surface area contributed by atoms with Crippen LogP contribution in [0.25, 0.3) is 0 Å². The molecule has 6 rings (SSSR count). The van der Waals surface area contributed by atoms with Gasteiger partial charge in [0.1, 0.15) is 6.10 Å². The van der Waals surface area contributed by atoms with Crippen molar-refractivity contribution < 1.29 is 30.0 Å². The number of carbonyl (C=O) groups excluding carboxylic acids is 1. The lowest BCUT2D eigenvalue weighted by Crippen LogP contribution is -2.84. The van der Waals surface area contributed by atoms with E-state index in [9.17, 15) is 25.2 Å². The van der Waals surface area contributed by atoms with Crippen LogP contribution in [0.4, 0.5) is 0 Å². The molecule has 2 saturated heterocycles. The SMILES string of the molecule is C=C1C(=O)[C@]23C[C@H]1CC[C@H]2[C@@]12CO[C@@]3(O)[C@@H](O)[C@@H]1[C@@](C)(CO)CC[C@@H]2O. The van der Waals surface area contributed by atoms with Crippen LogP contribution in [0.5, 0.6) is 0 Å². The Bertz CT molecular complexity index is 706. The molecular weight excluding hydrogens is 336 g/mol. The Morgan fingerprint density at radius 3 is 2.69 bits per heavy atom. The van der Waals surface area contributed by atoms with Gasteiger partial charge in [0.05, 0.1) is 18.1 Å². The van der Waals surface area contributed by atoms with Gasteiger partial charge in [0.25, 0.3) is 0 Å². The summed E-state index contributed by atoms with van der Waals surface area (Å²) in [4.78, 5) is 13.3. The first-order chi connectivity index (χ1) is 12.2. The Hall–Kier alpha value is -0.790. The number of Topliss-reactive ketones (excluding diaryl/α,β-unsaturated/α-hetero) is 1. The van der Waals surface area contributed by atoms with Crippen molar-refractivity contribution in [1.82, 2.24) is 0 Å². The highest BCUT2D eigenvalue weighted by Gasteiger charge is 2.84. The summed E-state index contributed by atoms with van der Waals surface area (Å²) in [7, 11) is 0. The van der Waals surface area contributed by atoms with Gasteiger partial charge in [-0.2, -0.15) is 0 Å². The van der Waals surface area contributed by atoms with Crippen molar-refractivity contribution >= 4 is 5.78 Å². The minimum atomic E-state index is -1.98. The van der Waals surface area contributed by atoms with Crippen molar-refractivity contribution in [2.24, 2.45) is 34.0 Å². The maximum atomic E-state index is 13.3. The van der Waals surface area contributed by atoms with Crippen LogP contribution in [0.1, 0.15) is 39.0 Å². The molecule has 6 heteroatoms. The van der Waals surface area contributed by atoms with E-state index >= 15 is 0 Å². The summed E-state index contributed by atoms with van der Waals surface area (Å²) >= 11 is 0. The van der Waals surface area contributed by atoms with Gasteiger partial charge in [0, 0.05) is 17.9 Å². The molecular formula is C20H28O6. The molecule has 6 nitrogen and oxygen atoms in total. The lowest BCUT2D eigenvalue weighted by molar-refractivity contribution is -0.450. The normalized spacial score (nSPS) is 60.7. The van der Waals surface area contributed by atoms with Crippen LogP contribution in [0.2, 0.25) is 0 Å². The highest BCUT2D eigenvalue weighted by molar-refractivity contribution is 6.04. The van der Waals surface area contributed by atoms with Crippen LogP contribution in [0, 0.1) is 34.0 Å². The number of allylic oxidation sites excluding steroid dienone is 1. The number of hydrogen-bond acceptors (Lipinski definition) is 6. The molecule has 4 saturated carbocycles. The van der Waals surface area contributed by atoms with E-state index in [4.69, 9.17) is 4.74 Å². The Labute approximate surface area is 152 Å². The van der Waals surface area contributed by atoms with Crippen LogP contribution < -0.4 is 0 Å². The lowest BCUT2D eigenvalue weighted by Gasteiger charge is -2.74. The fraction of sp³-hybridized carbons (Fsp3) is 0.850. The predicted molar refractivity (Wildman–Crippen MR) is 90.7 cm³/mol. The van der Waals surface area contributed by atoms with Gasteiger partial charge in [0.2, 0.25) is 5.79 Å². The molecule has 9 atom stereocenters. The van der Waals surface area contributed by atoms with Crippen LogP contribution in [0.15, 0.2) is 12.2 Å². The molecule has 4 bridgehead atoms. The third-order valence-electron chi connectivity index (χ3n) is 9.00. The molecule has 2 aliphatic heterocycles. The zero-order valence-corrected chi connectivity index (χ0v) is 15.1. The molecule has 0 unspecified atom stereocenters. The van der Waals surface area contributed by atoms with Crippen molar-refractivity contribution in [3.8, 4) is 0 Å². The molecule has 0 aromatic heterocycles. The number of aliphatic hydroxyl groups excluding tert-OH is 3. The van der Waals surface area contributed by atoms with Gasteiger partial charge in [-0.15, -0.1) is 0 Å². The van der Waals surface area contributed by atoms with Crippen molar-refractivity contribution in [2.75, 3.05) is 13.2 Å².